The summed E-state index contributed by atoms with van der Waals surface area (Å²) in [4.78, 5) is 30.9. The summed E-state index contributed by atoms with van der Waals surface area (Å²) in [5.41, 5.74) is 1.40. The predicted octanol–water partition coefficient (Wildman–Crippen LogP) is 4.45. The average molecular weight is 448 g/mol. The first-order chi connectivity index (χ1) is 14.0. The molecule has 3 rings (SSSR count). The fourth-order valence-electron chi connectivity index (χ4n) is 2.89. The second kappa shape index (κ2) is 9.44. The van der Waals surface area contributed by atoms with Gasteiger partial charge in [-0.1, -0.05) is 35.5 Å². The summed E-state index contributed by atoms with van der Waals surface area (Å²) in [5.74, 6) is -0.278. The Kier molecular flexibility index (Phi) is 6.96. The summed E-state index contributed by atoms with van der Waals surface area (Å²) in [5, 5.41) is 10.5. The maximum absolute atomic E-state index is 13.3. The average Bonchev–Trinajstić information content (AvgIpc) is 3.04. The van der Waals surface area contributed by atoms with Gasteiger partial charge in [0.05, 0.1) is 23.8 Å². The molecule has 0 spiro atoms. The van der Waals surface area contributed by atoms with Gasteiger partial charge in [0.2, 0.25) is 0 Å². The van der Waals surface area contributed by atoms with Crippen LogP contribution in [0.4, 0.5) is 0 Å². The van der Waals surface area contributed by atoms with E-state index in [4.69, 9.17) is 21.6 Å². The smallest absolute Gasteiger partial charge is 0.348 e. The van der Waals surface area contributed by atoms with Gasteiger partial charge in [0.1, 0.15) is 9.71 Å². The minimum absolute atomic E-state index is 0.175. The number of aryl methyl sites for hydroxylation is 2. The van der Waals surface area contributed by atoms with Crippen LogP contribution < -0.4 is 5.56 Å². The van der Waals surface area contributed by atoms with Gasteiger partial charge in [0, 0.05) is 11.6 Å². The topological polar surface area (TPSA) is 85.0 Å². The molecule has 6 nitrogen and oxygen atoms in total. The maximum Gasteiger partial charge on any atom is 0.348 e. The fraction of sp³-hybridized carbons (Fsp3) is 0.300. The Hall–Kier alpha value is -2.34. The SMILES string of the molecule is CCOC(=O)c1sc2nc(SCC#N)n(CCc3ccc(Cl)cc3)c(=O)c2c1C. The Morgan fingerprint density at radius 1 is 1.38 bits per heavy atom. The molecule has 0 bridgehead atoms. The third-order valence-electron chi connectivity index (χ3n) is 4.28. The number of nitrogens with zero attached hydrogens (tertiary/aromatic N) is 3. The van der Waals surface area contributed by atoms with E-state index in [9.17, 15) is 9.59 Å². The van der Waals surface area contributed by atoms with Crippen molar-refractivity contribution in [3.63, 3.8) is 0 Å². The summed E-state index contributed by atoms with van der Waals surface area (Å²) in [6.07, 6.45) is 0.609. The molecule has 0 fully saturated rings. The summed E-state index contributed by atoms with van der Waals surface area (Å²) >= 11 is 8.29. The van der Waals surface area contributed by atoms with Crippen molar-refractivity contribution in [2.75, 3.05) is 12.4 Å². The van der Waals surface area contributed by atoms with Crippen molar-refractivity contribution in [1.82, 2.24) is 9.55 Å². The Bertz CT molecular complexity index is 1150. The molecule has 0 radical (unpaired) electrons. The van der Waals surface area contributed by atoms with Crippen LogP contribution in [-0.4, -0.2) is 27.9 Å². The highest BCUT2D eigenvalue weighted by atomic mass is 35.5. The molecule has 0 aliphatic heterocycles. The minimum atomic E-state index is -0.452. The van der Waals surface area contributed by atoms with Gasteiger partial charge in [0.15, 0.2) is 5.16 Å². The molecule has 2 heterocycles. The number of thiophene rings is 1. The second-order valence-corrected chi connectivity index (χ2v) is 8.51. The number of esters is 1. The maximum atomic E-state index is 13.3. The van der Waals surface area contributed by atoms with E-state index < -0.39 is 5.97 Å². The van der Waals surface area contributed by atoms with Crippen LogP contribution in [0.5, 0.6) is 0 Å². The van der Waals surface area contributed by atoms with E-state index in [-0.39, 0.29) is 17.9 Å². The van der Waals surface area contributed by atoms with Crippen LogP contribution in [0.25, 0.3) is 10.2 Å². The molecule has 0 amide bonds. The number of thioether (sulfide) groups is 1. The summed E-state index contributed by atoms with van der Waals surface area (Å²) in [7, 11) is 0. The standard InChI is InChI=1S/C20H18ClN3O3S2/c1-3-27-19(26)16-12(2)15-17(29-16)23-20(28-11-9-22)24(18(15)25)10-8-13-4-6-14(21)7-5-13/h4-7H,3,8,10-11H2,1-2H3. The normalized spacial score (nSPS) is 10.8. The lowest BCUT2D eigenvalue weighted by atomic mass is 10.1. The number of nitriles is 1. The first-order valence-corrected chi connectivity index (χ1v) is 11.1. The summed E-state index contributed by atoms with van der Waals surface area (Å²) in [6, 6.07) is 9.50. The highest BCUT2D eigenvalue weighted by molar-refractivity contribution is 7.99. The van der Waals surface area contributed by atoms with Crippen molar-refractivity contribution < 1.29 is 9.53 Å². The third-order valence-corrected chi connectivity index (χ3v) is 6.54. The van der Waals surface area contributed by atoms with Crippen LogP contribution >= 0.6 is 34.7 Å². The van der Waals surface area contributed by atoms with Crippen molar-refractivity contribution in [2.24, 2.45) is 0 Å². The van der Waals surface area contributed by atoms with Gasteiger partial charge in [-0.2, -0.15) is 5.26 Å². The van der Waals surface area contributed by atoms with Crippen LogP contribution in [0.3, 0.4) is 0 Å². The third kappa shape index (κ3) is 4.64. The van der Waals surface area contributed by atoms with Crippen LogP contribution in [0, 0.1) is 18.3 Å². The van der Waals surface area contributed by atoms with Crippen LogP contribution in [0.1, 0.15) is 27.7 Å². The van der Waals surface area contributed by atoms with E-state index in [1.807, 2.05) is 12.1 Å². The number of benzene rings is 1. The Labute approximate surface area is 181 Å². The molecule has 0 aliphatic carbocycles. The highest BCUT2D eigenvalue weighted by Crippen LogP contribution is 2.30. The van der Waals surface area contributed by atoms with E-state index >= 15 is 0 Å². The van der Waals surface area contributed by atoms with Crippen molar-refractivity contribution in [3.05, 3.63) is 55.6 Å². The largest absolute Gasteiger partial charge is 0.462 e. The summed E-state index contributed by atoms with van der Waals surface area (Å²) < 4.78 is 6.67. The quantitative estimate of drug-likeness (QED) is 0.302. The number of aromatic nitrogens is 2. The van der Waals surface area contributed by atoms with Gasteiger partial charge in [-0.15, -0.1) is 11.3 Å². The number of halogens is 1. The van der Waals surface area contributed by atoms with Crippen molar-refractivity contribution in [1.29, 1.82) is 5.26 Å². The first kappa shape index (κ1) is 21.4. The molecule has 0 N–H and O–H groups in total. The zero-order valence-corrected chi connectivity index (χ0v) is 18.3. The number of carbonyl (C=O) groups is 1. The molecular weight excluding hydrogens is 430 g/mol. The van der Waals surface area contributed by atoms with Gasteiger partial charge in [0.25, 0.3) is 5.56 Å². The molecule has 3 aromatic rings. The lowest BCUT2D eigenvalue weighted by molar-refractivity contribution is 0.0531. The second-order valence-electron chi connectivity index (χ2n) is 6.13. The molecule has 0 atom stereocenters. The number of fused-ring (bicyclic) bond motifs is 1. The fourth-order valence-corrected chi connectivity index (χ4v) is 4.81. The van der Waals surface area contributed by atoms with Crippen molar-refractivity contribution in [2.45, 2.75) is 32.0 Å². The van der Waals surface area contributed by atoms with Gasteiger partial charge >= 0.3 is 5.97 Å². The Morgan fingerprint density at radius 2 is 2.10 bits per heavy atom. The molecule has 0 unspecified atom stereocenters. The van der Waals surface area contributed by atoms with Gasteiger partial charge in [-0.25, -0.2) is 9.78 Å². The molecule has 29 heavy (non-hydrogen) atoms. The van der Waals surface area contributed by atoms with Crippen LogP contribution in [0.15, 0.2) is 34.2 Å². The van der Waals surface area contributed by atoms with Crippen LogP contribution in [0.2, 0.25) is 5.02 Å². The molecular formula is C20H18ClN3O3S2. The van der Waals surface area contributed by atoms with Crippen molar-refractivity contribution in [3.8, 4) is 6.07 Å². The van der Waals surface area contributed by atoms with Gasteiger partial charge in [-0.3, -0.25) is 9.36 Å². The monoisotopic (exact) mass is 447 g/mol. The zero-order chi connectivity index (χ0) is 21.0. The van der Waals surface area contributed by atoms with E-state index in [1.54, 1.807) is 30.5 Å². The molecule has 0 saturated heterocycles. The van der Waals surface area contributed by atoms with E-state index in [1.165, 1.54) is 11.8 Å². The molecule has 1 aromatic carbocycles. The number of carbonyl (C=O) groups excluding carboxylic acids is 1. The zero-order valence-electron chi connectivity index (χ0n) is 15.9. The predicted molar refractivity (Wildman–Crippen MR) is 116 cm³/mol. The molecule has 150 valence electrons. The number of hydrogen-bond donors (Lipinski definition) is 0. The van der Waals surface area contributed by atoms with E-state index in [2.05, 4.69) is 11.1 Å². The van der Waals surface area contributed by atoms with E-state index in [0.29, 0.717) is 43.8 Å². The van der Waals surface area contributed by atoms with Gasteiger partial charge < -0.3 is 4.74 Å². The summed E-state index contributed by atoms with van der Waals surface area (Å²) in [6.45, 7) is 4.13. The Morgan fingerprint density at radius 3 is 2.76 bits per heavy atom. The molecule has 0 aliphatic rings. The van der Waals surface area contributed by atoms with Crippen molar-refractivity contribution >= 4 is 50.9 Å². The Balaban J connectivity index is 2.05. The van der Waals surface area contributed by atoms with E-state index in [0.717, 1.165) is 16.9 Å². The molecule has 9 heteroatoms. The molecule has 0 saturated carbocycles. The number of ether oxygens (including phenoxy) is 1. The lowest BCUT2D eigenvalue weighted by Crippen LogP contribution is -2.24. The highest BCUT2D eigenvalue weighted by Gasteiger charge is 2.22. The number of hydrogen-bond acceptors (Lipinski definition) is 7. The number of rotatable bonds is 7. The lowest BCUT2D eigenvalue weighted by Gasteiger charge is -2.11. The molecule has 2 aromatic heterocycles. The minimum Gasteiger partial charge on any atom is -0.462 e. The first-order valence-electron chi connectivity index (χ1n) is 8.91. The van der Waals surface area contributed by atoms with Crippen LogP contribution in [-0.2, 0) is 17.7 Å². The van der Waals surface area contributed by atoms with Gasteiger partial charge in [-0.05, 0) is 43.5 Å².